The van der Waals surface area contributed by atoms with Crippen LogP contribution in [0.5, 0.6) is 0 Å². The van der Waals surface area contributed by atoms with Gasteiger partial charge in [-0.3, -0.25) is 9.69 Å². The van der Waals surface area contributed by atoms with Crippen molar-refractivity contribution < 1.29 is 9.84 Å². The maximum Gasteiger partial charge on any atom is 0.266 e. The number of morpholine rings is 1. The third-order valence-corrected chi connectivity index (χ3v) is 3.98. The van der Waals surface area contributed by atoms with Crippen LogP contribution in [0.2, 0.25) is 0 Å². The van der Waals surface area contributed by atoms with Crippen LogP contribution in [0.25, 0.3) is 0 Å². The van der Waals surface area contributed by atoms with Gasteiger partial charge in [-0.25, -0.2) is 4.68 Å². The van der Waals surface area contributed by atoms with Gasteiger partial charge in [-0.2, -0.15) is 5.10 Å². The molecule has 6 heteroatoms. The molecule has 1 N–H and O–H groups in total. The van der Waals surface area contributed by atoms with Gasteiger partial charge in [0, 0.05) is 31.1 Å². The van der Waals surface area contributed by atoms with Gasteiger partial charge < -0.3 is 9.84 Å². The highest BCUT2D eigenvalue weighted by Gasteiger charge is 2.24. The van der Waals surface area contributed by atoms with Gasteiger partial charge in [-0.1, -0.05) is 20.8 Å². The maximum absolute atomic E-state index is 12.0. The van der Waals surface area contributed by atoms with Crippen molar-refractivity contribution in [2.45, 2.75) is 64.9 Å². The smallest absolute Gasteiger partial charge is 0.266 e. The topological polar surface area (TPSA) is 67.6 Å². The lowest BCUT2D eigenvalue weighted by atomic mass is 9.92. The normalized spacial score (nSPS) is 24.6. The van der Waals surface area contributed by atoms with Crippen LogP contribution in [0.1, 0.15) is 40.3 Å². The molecule has 0 amide bonds. The third kappa shape index (κ3) is 5.12. The number of hydrogen-bond donors (Lipinski definition) is 1. The molecule has 1 aliphatic heterocycles. The average Bonchev–Trinajstić information content (AvgIpc) is 2.38. The van der Waals surface area contributed by atoms with Crippen molar-refractivity contribution >= 4 is 0 Å². The van der Waals surface area contributed by atoms with E-state index in [0.717, 1.165) is 18.8 Å². The fourth-order valence-electron chi connectivity index (χ4n) is 2.97. The fraction of sp³-hybridized carbons (Fsp3) is 0.765. The van der Waals surface area contributed by atoms with Gasteiger partial charge >= 0.3 is 0 Å². The number of β-amino-alcohol motifs (C(OH)–C–C–N with tert-alkyl or cyclic N) is 1. The van der Waals surface area contributed by atoms with E-state index in [0.29, 0.717) is 6.54 Å². The van der Waals surface area contributed by atoms with E-state index >= 15 is 0 Å². The molecule has 1 fully saturated rings. The Morgan fingerprint density at radius 2 is 1.87 bits per heavy atom. The minimum absolute atomic E-state index is 0.129. The molecule has 0 spiro atoms. The molecule has 23 heavy (non-hydrogen) atoms. The second-order valence-corrected chi connectivity index (χ2v) is 7.62. The van der Waals surface area contributed by atoms with Crippen LogP contribution in [-0.4, -0.2) is 57.7 Å². The molecule has 1 aromatic rings. The van der Waals surface area contributed by atoms with E-state index in [1.165, 1.54) is 10.7 Å². The summed E-state index contributed by atoms with van der Waals surface area (Å²) in [5, 5.41) is 14.8. The summed E-state index contributed by atoms with van der Waals surface area (Å²) in [5.74, 6) is 0. The molecule has 0 saturated carbocycles. The van der Waals surface area contributed by atoms with Crippen LogP contribution in [-0.2, 0) is 16.7 Å². The second kappa shape index (κ2) is 7.11. The van der Waals surface area contributed by atoms with E-state index in [9.17, 15) is 9.90 Å². The molecular formula is C17H29N3O3. The number of aromatic nitrogens is 2. The minimum atomic E-state index is -0.632. The zero-order valence-electron chi connectivity index (χ0n) is 14.8. The maximum atomic E-state index is 12.0. The molecular weight excluding hydrogens is 294 g/mol. The average molecular weight is 323 g/mol. The first-order valence-corrected chi connectivity index (χ1v) is 8.29. The molecule has 0 aromatic carbocycles. The van der Waals surface area contributed by atoms with E-state index in [2.05, 4.69) is 30.8 Å². The highest BCUT2D eigenvalue weighted by molar-refractivity contribution is 5.10. The standard InChI is InChI=1S/C17H29N3O3/c1-12-8-19(9-13(2)23-12)10-14(21)11-20-16(22)7-6-15(18-20)17(3,4)5/h6-7,12-14,21H,8-11H2,1-5H3. The molecule has 1 saturated heterocycles. The molecule has 0 bridgehead atoms. The fourth-order valence-corrected chi connectivity index (χ4v) is 2.97. The minimum Gasteiger partial charge on any atom is -0.390 e. The lowest BCUT2D eigenvalue weighted by Crippen LogP contribution is -2.49. The molecule has 1 aromatic heterocycles. The van der Waals surface area contributed by atoms with Gasteiger partial charge in [-0.05, 0) is 19.9 Å². The van der Waals surface area contributed by atoms with E-state index < -0.39 is 6.10 Å². The number of hydrogen-bond acceptors (Lipinski definition) is 5. The van der Waals surface area contributed by atoms with Crippen molar-refractivity contribution in [2.75, 3.05) is 19.6 Å². The summed E-state index contributed by atoms with van der Waals surface area (Å²) in [6, 6.07) is 3.29. The van der Waals surface area contributed by atoms with Crippen molar-refractivity contribution in [3.8, 4) is 0 Å². The molecule has 3 atom stereocenters. The van der Waals surface area contributed by atoms with Gasteiger partial charge in [0.05, 0.1) is 30.6 Å². The van der Waals surface area contributed by atoms with E-state index in [1.807, 2.05) is 13.8 Å². The summed E-state index contributed by atoms with van der Waals surface area (Å²) in [6.07, 6.45) is -0.306. The molecule has 130 valence electrons. The van der Waals surface area contributed by atoms with E-state index in [1.54, 1.807) is 6.07 Å². The highest BCUT2D eigenvalue weighted by Crippen LogP contribution is 2.18. The zero-order valence-corrected chi connectivity index (χ0v) is 14.8. The molecule has 0 aliphatic carbocycles. The van der Waals surface area contributed by atoms with Crippen molar-refractivity contribution in [3.63, 3.8) is 0 Å². The predicted molar refractivity (Wildman–Crippen MR) is 89.7 cm³/mol. The van der Waals surface area contributed by atoms with Crippen LogP contribution in [0.15, 0.2) is 16.9 Å². The van der Waals surface area contributed by atoms with Gasteiger partial charge in [-0.15, -0.1) is 0 Å². The van der Waals surface area contributed by atoms with Crippen LogP contribution >= 0.6 is 0 Å². The first-order chi connectivity index (χ1) is 10.6. The van der Waals surface area contributed by atoms with Gasteiger partial charge in [0.2, 0.25) is 0 Å². The highest BCUT2D eigenvalue weighted by atomic mass is 16.5. The lowest BCUT2D eigenvalue weighted by Gasteiger charge is -2.36. The predicted octanol–water partition coefficient (Wildman–Crippen LogP) is 1.01. The molecule has 3 unspecified atom stereocenters. The van der Waals surface area contributed by atoms with E-state index in [4.69, 9.17) is 4.74 Å². The molecule has 1 aliphatic rings. The molecule has 2 heterocycles. The summed E-state index contributed by atoms with van der Waals surface area (Å²) in [5.41, 5.74) is 0.536. The van der Waals surface area contributed by atoms with Crippen LogP contribution in [0.4, 0.5) is 0 Å². The molecule has 6 nitrogen and oxygen atoms in total. The van der Waals surface area contributed by atoms with E-state index in [-0.39, 0.29) is 29.7 Å². The van der Waals surface area contributed by atoms with Crippen molar-refractivity contribution in [2.24, 2.45) is 0 Å². The zero-order chi connectivity index (χ0) is 17.2. The SMILES string of the molecule is CC1CN(CC(O)Cn2nc(C(C)(C)C)ccc2=O)CC(C)O1. The number of aliphatic hydroxyl groups is 1. The van der Waals surface area contributed by atoms with Gasteiger partial charge in [0.15, 0.2) is 0 Å². The largest absolute Gasteiger partial charge is 0.390 e. The first-order valence-electron chi connectivity index (χ1n) is 8.29. The van der Waals surface area contributed by atoms with Crippen molar-refractivity contribution in [1.82, 2.24) is 14.7 Å². The second-order valence-electron chi connectivity index (χ2n) is 7.62. The number of nitrogens with zero attached hydrogens (tertiary/aromatic N) is 3. The van der Waals surface area contributed by atoms with Crippen LogP contribution < -0.4 is 5.56 Å². The Kier molecular flexibility index (Phi) is 5.60. The Balaban J connectivity index is 2.02. The number of aliphatic hydroxyl groups excluding tert-OH is 1. The van der Waals surface area contributed by atoms with Gasteiger partial charge in [0.25, 0.3) is 5.56 Å². The van der Waals surface area contributed by atoms with Gasteiger partial charge in [0.1, 0.15) is 0 Å². The monoisotopic (exact) mass is 323 g/mol. The molecule has 2 rings (SSSR count). The number of rotatable bonds is 4. The Hall–Kier alpha value is -1.24. The number of ether oxygens (including phenoxy) is 1. The summed E-state index contributed by atoms with van der Waals surface area (Å²) in [4.78, 5) is 14.2. The van der Waals surface area contributed by atoms with Crippen LogP contribution in [0.3, 0.4) is 0 Å². The summed E-state index contributed by atoms with van der Waals surface area (Å²) >= 11 is 0. The van der Waals surface area contributed by atoms with Crippen molar-refractivity contribution in [1.29, 1.82) is 0 Å². The molecule has 0 radical (unpaired) electrons. The lowest BCUT2D eigenvalue weighted by molar-refractivity contribution is -0.0775. The van der Waals surface area contributed by atoms with Crippen LogP contribution in [0, 0.1) is 0 Å². The third-order valence-electron chi connectivity index (χ3n) is 3.98. The Morgan fingerprint density at radius 3 is 2.43 bits per heavy atom. The quantitative estimate of drug-likeness (QED) is 0.896. The Labute approximate surface area is 138 Å². The summed E-state index contributed by atoms with van der Waals surface area (Å²) < 4.78 is 7.07. The Bertz CT molecular complexity index is 569. The Morgan fingerprint density at radius 1 is 1.26 bits per heavy atom. The van der Waals surface area contributed by atoms with Crippen molar-refractivity contribution in [3.05, 3.63) is 28.2 Å². The summed E-state index contributed by atoms with van der Waals surface area (Å²) in [7, 11) is 0. The summed E-state index contributed by atoms with van der Waals surface area (Å²) in [6.45, 7) is 12.6. The first kappa shape index (κ1) is 18.1.